The summed E-state index contributed by atoms with van der Waals surface area (Å²) < 4.78 is 12.2. The van der Waals surface area contributed by atoms with E-state index in [2.05, 4.69) is 54.2 Å². The molecular formula is C50H65N11O7. The Balaban J connectivity index is 1.59. The van der Waals surface area contributed by atoms with Gasteiger partial charge in [0.1, 0.15) is 55.4 Å². The first kappa shape index (κ1) is 51.9. The molecule has 3 aromatic carbocycles. The molecule has 4 bridgehead atoms. The number of anilines is 1. The lowest BCUT2D eigenvalue weighted by Gasteiger charge is -2.32. The van der Waals surface area contributed by atoms with E-state index in [4.69, 9.17) is 31.7 Å². The molecular weight excluding hydrogens is 867 g/mol. The summed E-state index contributed by atoms with van der Waals surface area (Å²) in [4.78, 5) is 78.9. The molecule has 5 rings (SSSR count). The molecule has 0 saturated carbocycles. The number of nitrogens with zero attached hydrogens (tertiary/aromatic N) is 4. The zero-order valence-corrected chi connectivity index (χ0v) is 40.2. The lowest BCUT2D eigenvalue weighted by Crippen LogP contribution is -2.56. The first-order chi connectivity index (χ1) is 32.3. The summed E-state index contributed by atoms with van der Waals surface area (Å²) >= 11 is 0. The fraction of sp³-hybridized carbons (Fsp3) is 0.420. The molecule has 0 fully saturated rings. The van der Waals surface area contributed by atoms with Crippen molar-refractivity contribution in [2.24, 2.45) is 17.2 Å². The van der Waals surface area contributed by atoms with Crippen LogP contribution in [0.5, 0.6) is 11.5 Å². The van der Waals surface area contributed by atoms with Crippen molar-refractivity contribution in [3.63, 3.8) is 0 Å². The molecule has 0 radical (unpaired) electrons. The van der Waals surface area contributed by atoms with Crippen molar-refractivity contribution in [2.45, 2.75) is 77.0 Å². The summed E-state index contributed by atoms with van der Waals surface area (Å²) in [6.45, 7) is 9.98. The number of carbonyl (C=O) groups is 5. The highest BCUT2D eigenvalue weighted by Gasteiger charge is 2.36. The maximum atomic E-state index is 14.8. The first-order valence-electron chi connectivity index (χ1n) is 22.6. The van der Waals surface area contributed by atoms with Crippen molar-refractivity contribution in [1.29, 1.82) is 5.26 Å². The smallest absolute Gasteiger partial charge is 0.253 e. The molecule has 1 aromatic heterocycles. The number of amides is 5. The first-order valence-corrected chi connectivity index (χ1v) is 22.6. The van der Waals surface area contributed by atoms with Gasteiger partial charge in [0, 0.05) is 57.3 Å². The molecule has 0 aliphatic carbocycles. The lowest BCUT2D eigenvalue weighted by molar-refractivity contribution is -0.141. The number of carbonyl (C=O) groups excluding carboxylic acids is 5. The summed E-state index contributed by atoms with van der Waals surface area (Å²) in [5.41, 5.74) is 23.7. The van der Waals surface area contributed by atoms with Crippen molar-refractivity contribution in [2.75, 3.05) is 65.4 Å². The Bertz CT molecular complexity index is 2520. The van der Waals surface area contributed by atoms with Crippen LogP contribution in [0.25, 0.3) is 22.4 Å². The fourth-order valence-corrected chi connectivity index (χ4v) is 7.87. The van der Waals surface area contributed by atoms with Crippen molar-refractivity contribution >= 4 is 35.2 Å². The van der Waals surface area contributed by atoms with Crippen molar-refractivity contribution in [3.8, 4) is 40.0 Å². The van der Waals surface area contributed by atoms with Gasteiger partial charge in [0.05, 0.1) is 28.7 Å². The largest absolute Gasteiger partial charge is 0.492 e. The van der Waals surface area contributed by atoms with Crippen molar-refractivity contribution in [3.05, 3.63) is 94.7 Å². The second kappa shape index (κ2) is 23.1. The average Bonchev–Trinajstić information content (AvgIpc) is 3.30. The zero-order chi connectivity index (χ0) is 49.9. The number of aromatic nitrogens is 1. The highest BCUT2D eigenvalue weighted by atomic mass is 16.5. The highest BCUT2D eigenvalue weighted by molar-refractivity contribution is 6.01. The minimum atomic E-state index is -1.40. The van der Waals surface area contributed by atoms with E-state index < -0.39 is 53.7 Å². The van der Waals surface area contributed by atoms with Crippen LogP contribution < -0.4 is 52.8 Å². The minimum Gasteiger partial charge on any atom is -0.492 e. The Morgan fingerprint density at radius 3 is 2.10 bits per heavy atom. The Hall–Kier alpha value is -7.07. The number of nitrogens with one attached hydrogen (secondary N) is 4. The number of ether oxygens (including phenoxy) is 2. The summed E-state index contributed by atoms with van der Waals surface area (Å²) in [6.07, 6.45) is 0.0105. The highest BCUT2D eigenvalue weighted by Crippen LogP contribution is 2.40. The maximum Gasteiger partial charge on any atom is 0.253 e. The molecule has 1 unspecified atom stereocenters. The third kappa shape index (κ3) is 12.5. The second-order valence-corrected chi connectivity index (χ2v) is 17.9. The standard InChI is InChI=1S/C50H65N11O7/c1-29-35(28-40(60(6)7)43(56-29)32-10-13-34(14-11-32)50(3,4)5)46(63)58-38(17-18-51)49(66)61(8)44-33-12-16-42(68-24-21-54)37(27-33)36-25-31(9-15-41(36)67-23-20-53)26-39(47(64)55-22-19-52)59-45(62)30(2)57-48(44)65/h9-16,25,27-28,30,38-39,44H,17-18,20-24,26,51,53-54H2,1-8H3,(H,55,64)(H,57,65)(H,58,63)(H,59,62)/t30-,38?,39-,44-/m0/s1. The van der Waals surface area contributed by atoms with Gasteiger partial charge in [-0.15, -0.1) is 0 Å². The summed E-state index contributed by atoms with van der Waals surface area (Å²) in [5.74, 6) is -2.51. The quantitative estimate of drug-likeness (QED) is 0.0798. The van der Waals surface area contributed by atoms with E-state index in [1.54, 1.807) is 49.4 Å². The molecule has 1 aliphatic rings. The van der Waals surface area contributed by atoms with Crippen LogP contribution in [0.15, 0.2) is 66.7 Å². The number of benzene rings is 3. The number of rotatable bonds is 16. The number of nitrogens with two attached hydrogens (primary N) is 3. The van der Waals surface area contributed by atoms with E-state index in [9.17, 15) is 29.2 Å². The molecule has 18 nitrogen and oxygen atoms in total. The van der Waals surface area contributed by atoms with Gasteiger partial charge < -0.3 is 57.7 Å². The van der Waals surface area contributed by atoms with Crippen LogP contribution in [0.3, 0.4) is 0 Å². The molecule has 4 aromatic rings. The molecule has 4 atom stereocenters. The Morgan fingerprint density at radius 2 is 1.51 bits per heavy atom. The summed E-state index contributed by atoms with van der Waals surface area (Å²) in [7, 11) is 5.15. The number of nitriles is 1. The van der Waals surface area contributed by atoms with Crippen LogP contribution in [-0.2, 0) is 31.0 Å². The van der Waals surface area contributed by atoms with Gasteiger partial charge in [0.15, 0.2) is 0 Å². The van der Waals surface area contributed by atoms with Crippen LogP contribution in [-0.4, -0.2) is 118 Å². The number of hydrogen-bond donors (Lipinski definition) is 7. The molecule has 68 heavy (non-hydrogen) atoms. The molecule has 10 N–H and O–H groups in total. The van der Waals surface area contributed by atoms with Crippen molar-refractivity contribution in [1.82, 2.24) is 31.2 Å². The Labute approximate surface area is 398 Å². The summed E-state index contributed by atoms with van der Waals surface area (Å²) in [5, 5.41) is 20.0. The van der Waals surface area contributed by atoms with Gasteiger partial charge >= 0.3 is 0 Å². The molecule has 362 valence electrons. The number of aryl methyl sites for hydroxylation is 1. The number of likely N-dealkylation sites (N-methyl/N-ethyl adjacent to an activating group) is 1. The molecule has 0 saturated heterocycles. The fourth-order valence-electron chi connectivity index (χ4n) is 7.87. The van der Waals surface area contributed by atoms with Crippen LogP contribution in [0.2, 0.25) is 0 Å². The predicted molar refractivity (Wildman–Crippen MR) is 261 cm³/mol. The van der Waals surface area contributed by atoms with Gasteiger partial charge in [-0.2, -0.15) is 5.26 Å². The van der Waals surface area contributed by atoms with E-state index in [1.807, 2.05) is 37.2 Å². The van der Waals surface area contributed by atoms with Gasteiger partial charge in [0.2, 0.25) is 23.6 Å². The molecule has 0 spiro atoms. The van der Waals surface area contributed by atoms with Gasteiger partial charge in [-0.25, -0.2) is 0 Å². The van der Waals surface area contributed by atoms with Gasteiger partial charge in [0.25, 0.3) is 5.91 Å². The molecule has 18 heteroatoms. The van der Waals surface area contributed by atoms with E-state index in [-0.39, 0.29) is 63.2 Å². The number of fused-ring (bicyclic) bond motifs is 5. The Kier molecular flexibility index (Phi) is 17.6. The van der Waals surface area contributed by atoms with E-state index in [0.717, 1.165) is 5.56 Å². The lowest BCUT2D eigenvalue weighted by atomic mass is 9.86. The third-order valence-electron chi connectivity index (χ3n) is 11.6. The monoisotopic (exact) mass is 932 g/mol. The van der Waals surface area contributed by atoms with E-state index in [1.165, 1.54) is 24.4 Å². The van der Waals surface area contributed by atoms with Crippen LogP contribution >= 0.6 is 0 Å². The number of pyridine rings is 1. The third-order valence-corrected chi connectivity index (χ3v) is 11.6. The SMILES string of the molecule is Cc1nc(-c2ccc(C(C)(C)C)cc2)c(N(C)C)cc1C(=O)NC(CCN)C(=O)N(C)[C@@H]1C(=O)N[C@@H](C)C(=O)N[C@H](C(=O)NCC#N)Cc2ccc(OCCN)c(c2)-c2cc1ccc2OCCN. The van der Waals surface area contributed by atoms with E-state index >= 15 is 0 Å². The maximum absolute atomic E-state index is 14.8. The van der Waals surface area contributed by atoms with Crippen LogP contribution in [0, 0.1) is 18.3 Å². The minimum absolute atomic E-state index is 0.00226. The van der Waals surface area contributed by atoms with E-state index in [0.29, 0.717) is 50.8 Å². The Morgan fingerprint density at radius 1 is 0.882 bits per heavy atom. The molecule has 2 heterocycles. The number of hydrogen-bond acceptors (Lipinski definition) is 13. The summed E-state index contributed by atoms with van der Waals surface area (Å²) in [6, 6.07) is 17.0. The topological polar surface area (TPSA) is 273 Å². The average molecular weight is 932 g/mol. The second-order valence-electron chi connectivity index (χ2n) is 17.9. The van der Waals surface area contributed by atoms with Gasteiger partial charge in [-0.1, -0.05) is 57.2 Å². The zero-order valence-electron chi connectivity index (χ0n) is 40.2. The van der Waals surface area contributed by atoms with Gasteiger partial charge in [-0.05, 0) is 79.3 Å². The van der Waals surface area contributed by atoms with Crippen molar-refractivity contribution < 1.29 is 33.4 Å². The van der Waals surface area contributed by atoms with Gasteiger partial charge in [-0.3, -0.25) is 29.0 Å². The molecule has 5 amide bonds. The normalized spacial score (nSPS) is 16.5. The van der Waals surface area contributed by atoms with Crippen LogP contribution in [0.1, 0.15) is 72.9 Å². The van der Waals surface area contributed by atoms with Crippen LogP contribution in [0.4, 0.5) is 5.69 Å². The predicted octanol–water partition coefficient (Wildman–Crippen LogP) is 2.59. The molecule has 1 aliphatic heterocycles.